The minimum absolute atomic E-state index is 0.176. The Morgan fingerprint density at radius 3 is 1.65 bits per heavy atom. The first-order valence-electron chi connectivity index (χ1n) is 15.6. The van der Waals surface area contributed by atoms with Crippen LogP contribution in [0.15, 0.2) is 78.9 Å². The summed E-state index contributed by atoms with van der Waals surface area (Å²) in [7, 11) is 0. The fourth-order valence-corrected chi connectivity index (χ4v) is 7.78. The van der Waals surface area contributed by atoms with Gasteiger partial charge in [0, 0.05) is 49.7 Å². The maximum Gasteiger partial charge on any atom is 0.430 e. The standard InChI is InChI=1S/C34H38NO4.C2HF3O2/c1-24-12-11-13-25(2)31(24)32(36)39-34(26-14-5-3-6-15-26,27-16-7-4-8-17-27)33(37)38-30-22-28-18-19-29(23-30)35(28)20-9-10-21-35;3-2(4,5)1(6)7/h3-8,11-17,28-30H,9-10,18-23H2,1-2H3;(H,6,7)/q+1;/p-1. The van der Waals surface area contributed by atoms with Crippen LogP contribution in [0.25, 0.3) is 0 Å². The van der Waals surface area contributed by atoms with Crippen LogP contribution in [0, 0.1) is 13.8 Å². The maximum absolute atomic E-state index is 14.5. The Morgan fingerprint density at radius 2 is 1.22 bits per heavy atom. The molecular weight excluding hydrogens is 599 g/mol. The third kappa shape index (κ3) is 6.40. The second-order valence-electron chi connectivity index (χ2n) is 12.5. The number of carbonyl (C=O) groups excluding carboxylic acids is 3. The van der Waals surface area contributed by atoms with Crippen molar-refractivity contribution in [1.82, 2.24) is 0 Å². The average Bonchev–Trinajstić information content (AvgIpc) is 3.57. The van der Waals surface area contributed by atoms with Crippen molar-refractivity contribution in [2.24, 2.45) is 0 Å². The van der Waals surface area contributed by atoms with Gasteiger partial charge in [-0.15, -0.1) is 0 Å². The Morgan fingerprint density at radius 1 is 0.761 bits per heavy atom. The molecule has 0 aliphatic carbocycles. The molecule has 6 rings (SSSR count). The average molecular weight is 638 g/mol. The van der Waals surface area contributed by atoms with Gasteiger partial charge in [-0.25, -0.2) is 9.59 Å². The molecule has 244 valence electrons. The maximum atomic E-state index is 14.5. The highest BCUT2D eigenvalue weighted by atomic mass is 19.4. The molecule has 46 heavy (non-hydrogen) atoms. The van der Waals surface area contributed by atoms with Crippen LogP contribution in [0.4, 0.5) is 13.2 Å². The fourth-order valence-electron chi connectivity index (χ4n) is 7.78. The number of esters is 2. The number of carboxylic acids is 1. The smallest absolute Gasteiger partial charge is 0.430 e. The first-order valence-corrected chi connectivity index (χ1v) is 15.6. The quantitative estimate of drug-likeness (QED) is 0.260. The Labute approximate surface area is 266 Å². The Hall–Kier alpha value is -4.18. The van der Waals surface area contributed by atoms with Gasteiger partial charge in [-0.1, -0.05) is 78.9 Å². The summed E-state index contributed by atoms with van der Waals surface area (Å²) in [5.74, 6) is -4.05. The number of benzene rings is 3. The number of hydrogen-bond donors (Lipinski definition) is 0. The van der Waals surface area contributed by atoms with Crippen LogP contribution in [0.3, 0.4) is 0 Å². The van der Waals surface area contributed by atoms with E-state index >= 15 is 0 Å². The molecule has 0 aromatic heterocycles. The number of alkyl halides is 3. The number of rotatable bonds is 6. The second-order valence-corrected chi connectivity index (χ2v) is 12.5. The summed E-state index contributed by atoms with van der Waals surface area (Å²) in [6, 6.07) is 25.5. The van der Waals surface area contributed by atoms with Gasteiger partial charge >= 0.3 is 18.1 Å². The molecule has 1 spiro atoms. The van der Waals surface area contributed by atoms with Crippen LogP contribution in [0.2, 0.25) is 0 Å². The van der Waals surface area contributed by atoms with Crippen LogP contribution < -0.4 is 5.11 Å². The van der Waals surface area contributed by atoms with Crippen LogP contribution in [0.5, 0.6) is 0 Å². The van der Waals surface area contributed by atoms with E-state index in [1.807, 2.05) is 92.7 Å². The number of ether oxygens (including phenoxy) is 2. The number of nitrogens with zero attached hydrogens (tertiary/aromatic N) is 1. The van der Waals surface area contributed by atoms with Crippen molar-refractivity contribution in [3.05, 3.63) is 107 Å². The molecule has 0 amide bonds. The van der Waals surface area contributed by atoms with Crippen LogP contribution in [0.1, 0.15) is 71.1 Å². The van der Waals surface area contributed by atoms with Crippen molar-refractivity contribution in [3.63, 3.8) is 0 Å². The van der Waals surface area contributed by atoms with Gasteiger partial charge in [0.05, 0.1) is 30.7 Å². The zero-order valence-corrected chi connectivity index (χ0v) is 25.9. The predicted octanol–water partition coefficient (Wildman–Crippen LogP) is 5.55. The van der Waals surface area contributed by atoms with Crippen LogP contribution in [-0.2, 0) is 24.7 Å². The Balaban J connectivity index is 0.000000537. The molecule has 10 heteroatoms. The first kappa shape index (κ1) is 33.2. The highest BCUT2D eigenvalue weighted by molar-refractivity contribution is 5.97. The van der Waals surface area contributed by atoms with E-state index in [2.05, 4.69) is 0 Å². The van der Waals surface area contributed by atoms with E-state index < -0.39 is 29.7 Å². The van der Waals surface area contributed by atoms with E-state index in [4.69, 9.17) is 19.4 Å². The largest absolute Gasteiger partial charge is 0.542 e. The van der Waals surface area contributed by atoms with Crippen LogP contribution in [-0.4, -0.2) is 59.8 Å². The van der Waals surface area contributed by atoms with Gasteiger partial charge < -0.3 is 23.9 Å². The monoisotopic (exact) mass is 637 g/mol. The summed E-state index contributed by atoms with van der Waals surface area (Å²) in [4.78, 5) is 37.2. The summed E-state index contributed by atoms with van der Waals surface area (Å²) in [5, 5.41) is 8.78. The van der Waals surface area contributed by atoms with Crippen molar-refractivity contribution in [1.29, 1.82) is 0 Å². The lowest BCUT2D eigenvalue weighted by atomic mass is 9.85. The number of carboxylic acid groups (broad SMARTS) is 1. The molecule has 0 N–H and O–H groups in total. The molecule has 7 nitrogen and oxygen atoms in total. The molecule has 0 saturated carbocycles. The molecule has 3 aromatic carbocycles. The van der Waals surface area contributed by atoms with Crippen molar-refractivity contribution in [2.45, 2.75) is 82.3 Å². The predicted molar refractivity (Wildman–Crippen MR) is 161 cm³/mol. The third-order valence-corrected chi connectivity index (χ3v) is 9.84. The normalized spacial score (nSPS) is 21.6. The van der Waals surface area contributed by atoms with Gasteiger partial charge in [-0.05, 0) is 25.0 Å². The molecule has 3 aliphatic heterocycles. The minimum Gasteiger partial charge on any atom is -0.542 e. The molecule has 2 atom stereocenters. The molecule has 2 bridgehead atoms. The lowest BCUT2D eigenvalue weighted by molar-refractivity contribution is -0.956. The first-order chi connectivity index (χ1) is 21.9. The number of halogens is 3. The summed E-state index contributed by atoms with van der Waals surface area (Å²) in [5.41, 5.74) is 1.56. The number of carbonyl (C=O) groups is 3. The number of hydrogen-bond acceptors (Lipinski definition) is 6. The number of aryl methyl sites for hydroxylation is 2. The zero-order valence-electron chi connectivity index (χ0n) is 25.9. The van der Waals surface area contributed by atoms with E-state index in [1.165, 1.54) is 43.3 Å². The Kier molecular flexibility index (Phi) is 9.58. The number of aliphatic carboxylic acids is 1. The van der Waals surface area contributed by atoms with E-state index in [0.717, 1.165) is 24.0 Å². The topological polar surface area (TPSA) is 92.7 Å². The molecule has 3 saturated heterocycles. The fraction of sp³-hybridized carbons (Fsp3) is 0.417. The van der Waals surface area contributed by atoms with Crippen molar-refractivity contribution >= 4 is 17.9 Å². The van der Waals surface area contributed by atoms with Gasteiger partial charge in [-0.2, -0.15) is 13.2 Å². The SMILES string of the molecule is Cc1cccc(C)c1C(=O)OC(C(=O)OC1CC2CCC(C1)[N+]21CCCC1)(c1ccccc1)c1ccccc1.O=C([O-])C(F)(F)F. The summed E-state index contributed by atoms with van der Waals surface area (Å²) >= 11 is 0. The van der Waals surface area contributed by atoms with Crippen molar-refractivity contribution in [3.8, 4) is 0 Å². The summed E-state index contributed by atoms with van der Waals surface area (Å²) < 4.78 is 45.6. The lowest BCUT2D eigenvalue weighted by Gasteiger charge is -2.47. The molecule has 3 fully saturated rings. The molecular formula is C36H38F3NO6. The molecule has 3 aromatic rings. The number of quaternary nitrogens is 1. The summed E-state index contributed by atoms with van der Waals surface area (Å²) in [6.45, 7) is 6.32. The highest BCUT2D eigenvalue weighted by Gasteiger charge is 2.57. The molecule has 2 unspecified atom stereocenters. The van der Waals surface area contributed by atoms with Crippen LogP contribution >= 0.6 is 0 Å². The molecule has 0 radical (unpaired) electrons. The molecule has 3 aliphatic rings. The van der Waals surface area contributed by atoms with E-state index in [0.29, 0.717) is 28.8 Å². The van der Waals surface area contributed by atoms with Gasteiger partial charge in [0.15, 0.2) is 0 Å². The van der Waals surface area contributed by atoms with Gasteiger partial charge in [-0.3, -0.25) is 0 Å². The zero-order chi connectivity index (χ0) is 33.1. The lowest BCUT2D eigenvalue weighted by Crippen LogP contribution is -2.60. The van der Waals surface area contributed by atoms with Crippen molar-refractivity contribution < 1.29 is 46.6 Å². The van der Waals surface area contributed by atoms with Crippen molar-refractivity contribution in [2.75, 3.05) is 13.1 Å². The third-order valence-electron chi connectivity index (χ3n) is 9.84. The Bertz CT molecular complexity index is 1480. The highest BCUT2D eigenvalue weighted by Crippen LogP contribution is 2.47. The van der Waals surface area contributed by atoms with Gasteiger partial charge in [0.1, 0.15) is 12.1 Å². The minimum atomic E-state index is -5.19. The van der Waals surface area contributed by atoms with E-state index in [-0.39, 0.29) is 6.10 Å². The van der Waals surface area contributed by atoms with E-state index in [9.17, 15) is 22.8 Å². The van der Waals surface area contributed by atoms with Gasteiger partial charge in [0.25, 0.3) is 5.60 Å². The van der Waals surface area contributed by atoms with Gasteiger partial charge in [0.2, 0.25) is 0 Å². The van der Waals surface area contributed by atoms with E-state index in [1.54, 1.807) is 0 Å². The number of piperidine rings is 1. The summed E-state index contributed by atoms with van der Waals surface area (Å²) in [6.07, 6.45) is 1.42. The molecule has 3 heterocycles. The second kappa shape index (κ2) is 13.3.